The monoisotopic (exact) mass is 343 g/mol. The summed E-state index contributed by atoms with van der Waals surface area (Å²) >= 11 is 0. The number of hydrogen-bond acceptors (Lipinski definition) is 3. The summed E-state index contributed by atoms with van der Waals surface area (Å²) in [5.74, 6) is 1.35. The van der Waals surface area contributed by atoms with Gasteiger partial charge in [-0.25, -0.2) is 4.98 Å². The summed E-state index contributed by atoms with van der Waals surface area (Å²) in [4.78, 5) is 19.6. The number of aryl methyl sites for hydroxylation is 3. The Labute approximate surface area is 149 Å². The summed E-state index contributed by atoms with van der Waals surface area (Å²) in [7, 11) is 3.93. The van der Waals surface area contributed by atoms with E-state index in [9.17, 15) is 4.79 Å². The van der Waals surface area contributed by atoms with Crippen molar-refractivity contribution < 1.29 is 4.79 Å². The molecule has 1 fully saturated rings. The maximum absolute atomic E-state index is 13.2. The van der Waals surface area contributed by atoms with Crippen LogP contribution in [0.3, 0.4) is 0 Å². The van der Waals surface area contributed by atoms with Crippen LogP contribution >= 0.6 is 0 Å². The van der Waals surface area contributed by atoms with Crippen LogP contribution in [0.15, 0.2) is 12.4 Å². The lowest BCUT2D eigenvalue weighted by Crippen LogP contribution is -2.37. The van der Waals surface area contributed by atoms with Gasteiger partial charge in [0.05, 0.1) is 12.2 Å². The molecule has 0 spiro atoms. The largest absolute Gasteiger partial charge is 0.337 e. The van der Waals surface area contributed by atoms with Gasteiger partial charge >= 0.3 is 0 Å². The van der Waals surface area contributed by atoms with Gasteiger partial charge in [0.1, 0.15) is 5.82 Å². The van der Waals surface area contributed by atoms with Crippen molar-refractivity contribution in [2.24, 2.45) is 20.0 Å². The van der Waals surface area contributed by atoms with E-state index >= 15 is 0 Å². The highest BCUT2D eigenvalue weighted by Crippen LogP contribution is 2.27. The number of rotatable bonds is 5. The van der Waals surface area contributed by atoms with Gasteiger partial charge in [0.15, 0.2) is 0 Å². The molecule has 6 heteroatoms. The van der Waals surface area contributed by atoms with Crippen molar-refractivity contribution in [2.75, 3.05) is 0 Å². The van der Waals surface area contributed by atoms with E-state index < -0.39 is 0 Å². The predicted molar refractivity (Wildman–Crippen MR) is 96.7 cm³/mol. The lowest BCUT2D eigenvalue weighted by molar-refractivity contribution is -0.138. The van der Waals surface area contributed by atoms with Gasteiger partial charge in [-0.05, 0) is 26.7 Å². The lowest BCUT2D eigenvalue weighted by atomic mass is 9.88. The first kappa shape index (κ1) is 17.7. The second-order valence-corrected chi connectivity index (χ2v) is 7.26. The smallest absolute Gasteiger partial charge is 0.226 e. The van der Waals surface area contributed by atoms with Gasteiger partial charge in [0, 0.05) is 50.2 Å². The summed E-state index contributed by atoms with van der Waals surface area (Å²) in [6, 6.07) is 0. The summed E-state index contributed by atoms with van der Waals surface area (Å²) < 4.78 is 3.89. The second-order valence-electron chi connectivity index (χ2n) is 7.26. The highest BCUT2D eigenvalue weighted by molar-refractivity contribution is 5.79. The highest BCUT2D eigenvalue weighted by Gasteiger charge is 2.28. The summed E-state index contributed by atoms with van der Waals surface area (Å²) in [5, 5.41) is 4.51. The molecule has 6 nitrogen and oxygen atoms in total. The summed E-state index contributed by atoms with van der Waals surface area (Å²) in [6.45, 7) is 5.24. The predicted octanol–water partition coefficient (Wildman–Crippen LogP) is 2.88. The van der Waals surface area contributed by atoms with Gasteiger partial charge in [0.2, 0.25) is 5.91 Å². The number of aromatic nitrogens is 4. The number of carbonyl (C=O) groups is 1. The Morgan fingerprint density at radius 1 is 1.20 bits per heavy atom. The van der Waals surface area contributed by atoms with Crippen LogP contribution in [0, 0.1) is 19.8 Å². The molecule has 0 N–H and O–H groups in total. The van der Waals surface area contributed by atoms with Crippen LogP contribution in [-0.2, 0) is 32.0 Å². The molecule has 1 aliphatic rings. The Hall–Kier alpha value is -2.11. The van der Waals surface area contributed by atoms with Crippen LogP contribution in [0.2, 0.25) is 0 Å². The van der Waals surface area contributed by atoms with Crippen LogP contribution < -0.4 is 0 Å². The third-order valence-corrected chi connectivity index (χ3v) is 5.53. The Morgan fingerprint density at radius 2 is 1.92 bits per heavy atom. The van der Waals surface area contributed by atoms with E-state index in [0.29, 0.717) is 13.1 Å². The SMILES string of the molecule is Cc1nn(C)c(C)c1CN(Cc1nccn1C)C(=O)C1CCCCC1. The number of imidazole rings is 1. The molecule has 2 heterocycles. The molecule has 0 aromatic carbocycles. The first-order valence-electron chi connectivity index (χ1n) is 9.21. The van der Waals surface area contributed by atoms with Crippen molar-refractivity contribution in [2.45, 2.75) is 59.0 Å². The summed E-state index contributed by atoms with van der Waals surface area (Å²) in [6.07, 6.45) is 9.33. The Kier molecular flexibility index (Phi) is 5.25. The molecule has 1 saturated carbocycles. The van der Waals surface area contributed by atoms with E-state index in [1.807, 2.05) is 41.4 Å². The number of hydrogen-bond donors (Lipinski definition) is 0. The second kappa shape index (κ2) is 7.42. The van der Waals surface area contributed by atoms with Crippen LogP contribution in [0.5, 0.6) is 0 Å². The first-order chi connectivity index (χ1) is 12.0. The van der Waals surface area contributed by atoms with Crippen molar-refractivity contribution in [3.8, 4) is 0 Å². The van der Waals surface area contributed by atoms with Gasteiger partial charge in [-0.1, -0.05) is 19.3 Å². The molecular formula is C19H29N5O. The molecule has 0 atom stereocenters. The molecule has 0 bridgehead atoms. The minimum Gasteiger partial charge on any atom is -0.337 e. The molecule has 2 aromatic rings. The van der Waals surface area contributed by atoms with E-state index in [1.54, 1.807) is 6.20 Å². The van der Waals surface area contributed by atoms with Gasteiger partial charge < -0.3 is 9.47 Å². The van der Waals surface area contributed by atoms with Crippen molar-refractivity contribution in [1.82, 2.24) is 24.2 Å². The minimum atomic E-state index is 0.159. The number of nitrogens with zero attached hydrogens (tertiary/aromatic N) is 5. The van der Waals surface area contributed by atoms with E-state index in [4.69, 9.17) is 0 Å². The fraction of sp³-hybridized carbons (Fsp3) is 0.632. The molecule has 3 rings (SSSR count). The fourth-order valence-corrected chi connectivity index (χ4v) is 3.78. The van der Waals surface area contributed by atoms with Gasteiger partial charge in [-0.15, -0.1) is 0 Å². The third kappa shape index (κ3) is 3.78. The average molecular weight is 343 g/mol. The zero-order valence-corrected chi connectivity index (χ0v) is 15.8. The van der Waals surface area contributed by atoms with Crippen LogP contribution in [0.25, 0.3) is 0 Å². The Balaban J connectivity index is 1.85. The van der Waals surface area contributed by atoms with E-state index in [-0.39, 0.29) is 11.8 Å². The minimum absolute atomic E-state index is 0.159. The van der Waals surface area contributed by atoms with Crippen LogP contribution in [0.4, 0.5) is 0 Å². The van der Waals surface area contributed by atoms with E-state index in [0.717, 1.165) is 48.5 Å². The Morgan fingerprint density at radius 3 is 2.48 bits per heavy atom. The Bertz CT molecular complexity index is 739. The lowest BCUT2D eigenvalue weighted by Gasteiger charge is -2.29. The van der Waals surface area contributed by atoms with Gasteiger partial charge in [-0.2, -0.15) is 5.10 Å². The standard InChI is InChI=1S/C19H29N5O/c1-14-17(15(2)23(4)21-14)12-24(13-18-20-10-11-22(18)3)19(25)16-8-6-5-7-9-16/h10-11,16H,5-9,12-13H2,1-4H3. The maximum atomic E-state index is 13.2. The average Bonchev–Trinajstić information content (AvgIpc) is 3.12. The molecule has 0 unspecified atom stereocenters. The fourth-order valence-electron chi connectivity index (χ4n) is 3.78. The van der Waals surface area contributed by atoms with E-state index in [2.05, 4.69) is 17.0 Å². The third-order valence-electron chi connectivity index (χ3n) is 5.53. The highest BCUT2D eigenvalue weighted by atomic mass is 16.2. The van der Waals surface area contributed by atoms with Crippen molar-refractivity contribution in [3.05, 3.63) is 35.2 Å². The molecule has 2 aromatic heterocycles. The number of carbonyl (C=O) groups excluding carboxylic acids is 1. The van der Waals surface area contributed by atoms with Gasteiger partial charge in [0.25, 0.3) is 0 Å². The molecule has 25 heavy (non-hydrogen) atoms. The van der Waals surface area contributed by atoms with Crippen molar-refractivity contribution in [3.63, 3.8) is 0 Å². The zero-order valence-electron chi connectivity index (χ0n) is 15.8. The molecule has 136 valence electrons. The summed E-state index contributed by atoms with van der Waals surface area (Å²) in [5.41, 5.74) is 3.28. The molecule has 1 amide bonds. The normalized spacial score (nSPS) is 15.5. The van der Waals surface area contributed by atoms with Crippen molar-refractivity contribution in [1.29, 1.82) is 0 Å². The maximum Gasteiger partial charge on any atom is 0.226 e. The molecule has 0 aliphatic heterocycles. The van der Waals surface area contributed by atoms with Crippen molar-refractivity contribution >= 4 is 5.91 Å². The first-order valence-corrected chi connectivity index (χ1v) is 9.21. The molecular weight excluding hydrogens is 314 g/mol. The van der Waals surface area contributed by atoms with Gasteiger partial charge in [-0.3, -0.25) is 9.48 Å². The van der Waals surface area contributed by atoms with Crippen LogP contribution in [-0.4, -0.2) is 30.1 Å². The number of amides is 1. The van der Waals surface area contributed by atoms with Crippen LogP contribution in [0.1, 0.15) is 54.9 Å². The quantitative estimate of drug-likeness (QED) is 0.839. The van der Waals surface area contributed by atoms with E-state index in [1.165, 1.54) is 6.42 Å². The molecule has 0 radical (unpaired) electrons. The molecule has 1 aliphatic carbocycles. The molecule has 0 saturated heterocycles. The topological polar surface area (TPSA) is 56.0 Å². The zero-order chi connectivity index (χ0) is 18.0.